The second kappa shape index (κ2) is 5.12. The number of carbonyl (C=O) groups excluding carboxylic acids is 1. The van der Waals surface area contributed by atoms with Crippen molar-refractivity contribution in [3.63, 3.8) is 0 Å². The molecule has 1 heterocycles. The van der Waals surface area contributed by atoms with Crippen LogP contribution in [-0.4, -0.2) is 22.1 Å². The molecule has 90 valence electrons. The van der Waals surface area contributed by atoms with E-state index >= 15 is 0 Å². The molecule has 0 aromatic carbocycles. The Balaban J connectivity index is 2.71. The number of H-pyrrole nitrogens is 1. The average Bonchev–Trinajstić information content (AvgIpc) is 2.58. The third kappa shape index (κ3) is 2.61. The van der Waals surface area contributed by atoms with Crippen LogP contribution in [0, 0.1) is 19.8 Å². The lowest BCUT2D eigenvalue weighted by atomic mass is 9.99. The number of nitrogens with two attached hydrogens (primary N) is 1. The van der Waals surface area contributed by atoms with Gasteiger partial charge in [-0.1, -0.05) is 20.3 Å². The predicted molar refractivity (Wildman–Crippen MR) is 64.1 cm³/mol. The molecular formula is C11H20N4O. The van der Waals surface area contributed by atoms with Crippen molar-refractivity contribution in [1.82, 2.24) is 10.2 Å². The summed E-state index contributed by atoms with van der Waals surface area (Å²) in [6, 6.07) is -0.473. The van der Waals surface area contributed by atoms with Crippen molar-refractivity contribution in [1.29, 1.82) is 0 Å². The second-order valence-electron chi connectivity index (χ2n) is 4.21. The van der Waals surface area contributed by atoms with Crippen LogP contribution in [0.25, 0.3) is 0 Å². The van der Waals surface area contributed by atoms with Crippen molar-refractivity contribution < 1.29 is 4.79 Å². The van der Waals surface area contributed by atoms with Crippen LogP contribution >= 0.6 is 0 Å². The summed E-state index contributed by atoms with van der Waals surface area (Å²) < 4.78 is 0. The minimum Gasteiger partial charge on any atom is -0.322 e. The Morgan fingerprint density at radius 2 is 2.19 bits per heavy atom. The molecule has 1 aromatic rings. The first-order valence-corrected chi connectivity index (χ1v) is 5.55. The molecule has 5 nitrogen and oxygen atoms in total. The number of amides is 1. The highest BCUT2D eigenvalue weighted by molar-refractivity contribution is 5.95. The van der Waals surface area contributed by atoms with Gasteiger partial charge < -0.3 is 11.1 Å². The maximum atomic E-state index is 11.8. The van der Waals surface area contributed by atoms with E-state index in [0.29, 0.717) is 0 Å². The molecule has 0 spiro atoms. The molecule has 1 aromatic heterocycles. The van der Waals surface area contributed by atoms with Crippen molar-refractivity contribution in [3.05, 3.63) is 11.4 Å². The van der Waals surface area contributed by atoms with Crippen LogP contribution in [0.2, 0.25) is 0 Å². The van der Waals surface area contributed by atoms with E-state index in [1.165, 1.54) is 0 Å². The number of aryl methyl sites for hydroxylation is 2. The van der Waals surface area contributed by atoms with Crippen LogP contribution in [0.1, 0.15) is 31.7 Å². The van der Waals surface area contributed by atoms with Gasteiger partial charge in [0.15, 0.2) is 0 Å². The lowest BCUT2D eigenvalue weighted by Crippen LogP contribution is -2.40. The first kappa shape index (κ1) is 12.7. The smallest absolute Gasteiger partial charge is 0.241 e. The third-order valence-corrected chi connectivity index (χ3v) is 2.94. The lowest BCUT2D eigenvalue weighted by molar-refractivity contribution is -0.118. The molecular weight excluding hydrogens is 204 g/mol. The topological polar surface area (TPSA) is 83.8 Å². The maximum Gasteiger partial charge on any atom is 0.241 e. The van der Waals surface area contributed by atoms with Crippen molar-refractivity contribution in [3.8, 4) is 0 Å². The zero-order valence-electron chi connectivity index (χ0n) is 10.3. The van der Waals surface area contributed by atoms with Gasteiger partial charge in [0.25, 0.3) is 0 Å². The Kier molecular flexibility index (Phi) is 4.06. The van der Waals surface area contributed by atoms with Crippen LogP contribution in [0.15, 0.2) is 0 Å². The SMILES string of the molecule is CC[C@@H](C)[C@@H](N)C(=O)Nc1c(C)n[nH]c1C. The highest BCUT2D eigenvalue weighted by atomic mass is 16.2. The Bertz CT molecular complexity index is 353. The van der Waals surface area contributed by atoms with Gasteiger partial charge in [0.1, 0.15) is 0 Å². The van der Waals surface area contributed by atoms with E-state index in [4.69, 9.17) is 5.73 Å². The van der Waals surface area contributed by atoms with Gasteiger partial charge in [-0.2, -0.15) is 5.10 Å². The summed E-state index contributed by atoms with van der Waals surface area (Å²) in [6.45, 7) is 7.70. The van der Waals surface area contributed by atoms with Crippen LogP contribution in [0.5, 0.6) is 0 Å². The molecule has 5 heteroatoms. The van der Waals surface area contributed by atoms with E-state index in [0.717, 1.165) is 23.5 Å². The molecule has 1 amide bonds. The Labute approximate surface area is 95.8 Å². The van der Waals surface area contributed by atoms with Crippen molar-refractivity contribution >= 4 is 11.6 Å². The number of aromatic nitrogens is 2. The monoisotopic (exact) mass is 224 g/mol. The first-order chi connectivity index (χ1) is 7.47. The molecule has 0 bridgehead atoms. The summed E-state index contributed by atoms with van der Waals surface area (Å²) in [6.07, 6.45) is 0.887. The fourth-order valence-electron chi connectivity index (χ4n) is 1.45. The molecule has 0 saturated carbocycles. The quantitative estimate of drug-likeness (QED) is 0.721. The second-order valence-corrected chi connectivity index (χ2v) is 4.21. The van der Waals surface area contributed by atoms with Gasteiger partial charge in [-0.05, 0) is 19.8 Å². The van der Waals surface area contributed by atoms with E-state index < -0.39 is 6.04 Å². The van der Waals surface area contributed by atoms with E-state index in [1.54, 1.807) is 0 Å². The molecule has 0 unspecified atom stereocenters. The zero-order chi connectivity index (χ0) is 12.3. The standard InChI is InChI=1S/C11H20N4O/c1-5-6(2)9(12)11(16)13-10-7(3)14-15-8(10)4/h6,9H,5,12H2,1-4H3,(H,13,16)(H,14,15)/t6-,9-/m1/s1. The van der Waals surface area contributed by atoms with Crippen LogP contribution < -0.4 is 11.1 Å². The van der Waals surface area contributed by atoms with Gasteiger partial charge in [0, 0.05) is 0 Å². The Hall–Kier alpha value is -1.36. The molecule has 0 radical (unpaired) electrons. The number of hydrogen-bond donors (Lipinski definition) is 3. The van der Waals surface area contributed by atoms with Crippen molar-refractivity contribution in [2.45, 2.75) is 40.2 Å². The number of nitrogens with zero attached hydrogens (tertiary/aromatic N) is 1. The molecule has 1 rings (SSSR count). The molecule has 0 aliphatic rings. The summed E-state index contributed by atoms with van der Waals surface area (Å²) >= 11 is 0. The number of nitrogens with one attached hydrogen (secondary N) is 2. The largest absolute Gasteiger partial charge is 0.322 e. The fourth-order valence-corrected chi connectivity index (χ4v) is 1.45. The van der Waals surface area contributed by atoms with Gasteiger partial charge in [-0.25, -0.2) is 0 Å². The van der Waals surface area contributed by atoms with E-state index in [2.05, 4.69) is 15.5 Å². The third-order valence-electron chi connectivity index (χ3n) is 2.94. The Morgan fingerprint density at radius 3 is 2.62 bits per heavy atom. The molecule has 2 atom stereocenters. The average molecular weight is 224 g/mol. The molecule has 4 N–H and O–H groups in total. The number of rotatable bonds is 4. The summed E-state index contributed by atoms with van der Waals surface area (Å²) in [5, 5.41) is 9.65. The van der Waals surface area contributed by atoms with E-state index in [-0.39, 0.29) is 11.8 Å². The van der Waals surface area contributed by atoms with Gasteiger partial charge in [-0.15, -0.1) is 0 Å². The minimum absolute atomic E-state index is 0.151. The summed E-state index contributed by atoms with van der Waals surface area (Å²) in [4.78, 5) is 11.8. The lowest BCUT2D eigenvalue weighted by Gasteiger charge is -2.17. The number of anilines is 1. The van der Waals surface area contributed by atoms with Gasteiger partial charge in [0.2, 0.25) is 5.91 Å². The summed E-state index contributed by atoms with van der Waals surface area (Å²) in [7, 11) is 0. The molecule has 0 aliphatic heterocycles. The van der Waals surface area contributed by atoms with E-state index in [9.17, 15) is 4.79 Å². The minimum atomic E-state index is -0.473. The maximum absolute atomic E-state index is 11.8. The highest BCUT2D eigenvalue weighted by Crippen LogP contribution is 2.17. The number of hydrogen-bond acceptors (Lipinski definition) is 3. The van der Waals surface area contributed by atoms with Crippen molar-refractivity contribution in [2.24, 2.45) is 11.7 Å². The van der Waals surface area contributed by atoms with E-state index in [1.807, 2.05) is 27.7 Å². The highest BCUT2D eigenvalue weighted by Gasteiger charge is 2.21. The molecule has 0 aliphatic carbocycles. The van der Waals surface area contributed by atoms with Gasteiger partial charge >= 0.3 is 0 Å². The van der Waals surface area contributed by atoms with Crippen molar-refractivity contribution in [2.75, 3.05) is 5.32 Å². The summed E-state index contributed by atoms with van der Waals surface area (Å²) in [5.41, 5.74) is 8.21. The molecule has 0 saturated heterocycles. The number of carbonyl (C=O) groups is 1. The van der Waals surface area contributed by atoms with Crippen LogP contribution in [0.3, 0.4) is 0 Å². The normalized spacial score (nSPS) is 14.6. The zero-order valence-corrected chi connectivity index (χ0v) is 10.3. The fraction of sp³-hybridized carbons (Fsp3) is 0.636. The molecule has 16 heavy (non-hydrogen) atoms. The Morgan fingerprint density at radius 1 is 1.56 bits per heavy atom. The van der Waals surface area contributed by atoms with Gasteiger partial charge in [-0.3, -0.25) is 9.89 Å². The van der Waals surface area contributed by atoms with Gasteiger partial charge in [0.05, 0.1) is 23.1 Å². The van der Waals surface area contributed by atoms with Crippen LogP contribution in [-0.2, 0) is 4.79 Å². The number of aromatic amines is 1. The predicted octanol–water partition coefficient (Wildman–Crippen LogP) is 1.34. The summed E-state index contributed by atoms with van der Waals surface area (Å²) in [5.74, 6) is 0.0227. The first-order valence-electron chi connectivity index (χ1n) is 5.55. The molecule has 0 fully saturated rings. The van der Waals surface area contributed by atoms with Crippen LogP contribution in [0.4, 0.5) is 5.69 Å².